The Labute approximate surface area is 94.7 Å². The minimum Gasteiger partial charge on any atom is -0.300 e. The van der Waals surface area contributed by atoms with Gasteiger partial charge in [0.2, 0.25) is 0 Å². The molecule has 0 N–H and O–H groups in total. The molecular formula is C13H13ClO. The van der Waals surface area contributed by atoms with Crippen LogP contribution in [-0.4, -0.2) is 5.78 Å². The summed E-state index contributed by atoms with van der Waals surface area (Å²) in [7, 11) is 0. The molecule has 2 heteroatoms. The highest BCUT2D eigenvalue weighted by molar-refractivity contribution is 6.35. The molecule has 0 atom stereocenters. The van der Waals surface area contributed by atoms with Gasteiger partial charge in [0.05, 0.1) is 0 Å². The second-order valence-corrected chi connectivity index (χ2v) is 3.78. The Morgan fingerprint density at radius 1 is 1.00 bits per heavy atom. The first kappa shape index (κ1) is 11.7. The Balaban J connectivity index is 0.000000245. The summed E-state index contributed by atoms with van der Waals surface area (Å²) < 4.78 is 0. The van der Waals surface area contributed by atoms with Gasteiger partial charge in [0.15, 0.2) is 0 Å². The first-order valence-corrected chi connectivity index (χ1v) is 5.09. The maximum absolute atomic E-state index is 9.44. The number of rotatable bonds is 0. The maximum atomic E-state index is 9.44. The lowest BCUT2D eigenvalue weighted by Crippen LogP contribution is -1.70. The van der Waals surface area contributed by atoms with Gasteiger partial charge in [-0.2, -0.15) is 0 Å². The van der Waals surface area contributed by atoms with Crippen LogP contribution < -0.4 is 0 Å². The molecule has 0 aliphatic heterocycles. The van der Waals surface area contributed by atoms with Crippen LogP contribution in [0.2, 0.25) is 5.02 Å². The highest BCUT2D eigenvalue weighted by Crippen LogP contribution is 2.21. The molecule has 0 aliphatic rings. The Bertz CT molecular complexity index is 454. The quantitative estimate of drug-likeness (QED) is 0.654. The number of hydrogen-bond acceptors (Lipinski definition) is 1. The fraction of sp³-hybridized carbons (Fsp3) is 0.154. The summed E-state index contributed by atoms with van der Waals surface area (Å²) in [5, 5.41) is 3.14. The summed E-state index contributed by atoms with van der Waals surface area (Å²) in [6.45, 7) is 3.06. The zero-order valence-electron chi connectivity index (χ0n) is 8.83. The van der Waals surface area contributed by atoms with Crippen molar-refractivity contribution in [3.8, 4) is 0 Å². The second kappa shape index (κ2) is 5.52. The van der Waals surface area contributed by atoms with Gasteiger partial charge in [0.1, 0.15) is 5.78 Å². The molecule has 0 aromatic heterocycles. The highest BCUT2D eigenvalue weighted by Gasteiger charge is 1.93. The van der Waals surface area contributed by atoms with Gasteiger partial charge < -0.3 is 4.79 Å². The molecule has 15 heavy (non-hydrogen) atoms. The van der Waals surface area contributed by atoms with E-state index in [0.717, 1.165) is 10.4 Å². The number of Topliss-reactive ketones (excluding diaryl/α,β-unsaturated/α-hetero) is 1. The van der Waals surface area contributed by atoms with Crippen LogP contribution in [0.3, 0.4) is 0 Å². The average Bonchev–Trinajstić information content (AvgIpc) is 2.18. The van der Waals surface area contributed by atoms with Crippen LogP contribution in [0.15, 0.2) is 42.5 Å². The standard InChI is InChI=1S/C10H7Cl.C3H6O/c11-10-7-3-5-8-4-1-2-6-9(8)10;1-3(2)4/h1-7H;1-2H3. The largest absolute Gasteiger partial charge is 0.300 e. The Hall–Kier alpha value is -1.34. The molecule has 0 saturated carbocycles. The first-order valence-electron chi connectivity index (χ1n) is 4.71. The molecule has 2 rings (SSSR count). The highest BCUT2D eigenvalue weighted by atomic mass is 35.5. The molecule has 0 saturated heterocycles. The summed E-state index contributed by atoms with van der Waals surface area (Å²) in [5.74, 6) is 0.167. The summed E-state index contributed by atoms with van der Waals surface area (Å²) in [6, 6.07) is 14.0. The van der Waals surface area contributed by atoms with Crippen molar-refractivity contribution in [3.63, 3.8) is 0 Å². The minimum atomic E-state index is 0.167. The zero-order chi connectivity index (χ0) is 11.3. The zero-order valence-corrected chi connectivity index (χ0v) is 9.58. The number of ketones is 1. The van der Waals surface area contributed by atoms with E-state index in [-0.39, 0.29) is 5.78 Å². The van der Waals surface area contributed by atoms with E-state index in [1.54, 1.807) is 0 Å². The predicted molar refractivity (Wildman–Crippen MR) is 65.3 cm³/mol. The second-order valence-electron chi connectivity index (χ2n) is 3.37. The first-order chi connectivity index (χ1) is 7.11. The molecule has 0 amide bonds. The van der Waals surface area contributed by atoms with E-state index in [0.29, 0.717) is 0 Å². The Kier molecular flexibility index (Phi) is 4.32. The van der Waals surface area contributed by atoms with Gasteiger partial charge in [-0.15, -0.1) is 0 Å². The molecular weight excluding hydrogens is 208 g/mol. The van der Waals surface area contributed by atoms with Gasteiger partial charge in [0, 0.05) is 10.4 Å². The number of benzene rings is 2. The van der Waals surface area contributed by atoms with Crippen LogP contribution in [0.5, 0.6) is 0 Å². The van der Waals surface area contributed by atoms with Crippen molar-refractivity contribution in [2.75, 3.05) is 0 Å². The normalized spacial score (nSPS) is 9.27. The lowest BCUT2D eigenvalue weighted by Gasteiger charge is -1.97. The lowest BCUT2D eigenvalue weighted by atomic mass is 10.1. The topological polar surface area (TPSA) is 17.1 Å². The third-order valence-corrected chi connectivity index (χ3v) is 2.07. The minimum absolute atomic E-state index is 0.167. The van der Waals surface area contributed by atoms with Crippen molar-refractivity contribution in [2.45, 2.75) is 13.8 Å². The lowest BCUT2D eigenvalue weighted by molar-refractivity contribution is -0.114. The van der Waals surface area contributed by atoms with E-state index in [2.05, 4.69) is 12.1 Å². The molecule has 0 heterocycles. The number of fused-ring (bicyclic) bond motifs is 1. The fourth-order valence-electron chi connectivity index (χ4n) is 1.19. The van der Waals surface area contributed by atoms with Crippen molar-refractivity contribution in [1.82, 2.24) is 0 Å². The third kappa shape index (κ3) is 3.72. The van der Waals surface area contributed by atoms with Crippen molar-refractivity contribution in [3.05, 3.63) is 47.5 Å². The van der Waals surface area contributed by atoms with Gasteiger partial charge in [-0.1, -0.05) is 48.0 Å². The average molecular weight is 221 g/mol. The molecule has 0 spiro atoms. The van der Waals surface area contributed by atoms with E-state index in [9.17, 15) is 4.79 Å². The Morgan fingerprint density at radius 2 is 1.53 bits per heavy atom. The van der Waals surface area contributed by atoms with Gasteiger partial charge >= 0.3 is 0 Å². The van der Waals surface area contributed by atoms with Crippen LogP contribution in [0.4, 0.5) is 0 Å². The van der Waals surface area contributed by atoms with E-state index >= 15 is 0 Å². The van der Waals surface area contributed by atoms with Crippen LogP contribution in [0.1, 0.15) is 13.8 Å². The van der Waals surface area contributed by atoms with Crippen LogP contribution >= 0.6 is 11.6 Å². The van der Waals surface area contributed by atoms with Crippen LogP contribution in [-0.2, 0) is 4.79 Å². The smallest absolute Gasteiger partial charge is 0.126 e. The van der Waals surface area contributed by atoms with E-state index in [1.807, 2.05) is 30.3 Å². The summed E-state index contributed by atoms with van der Waals surface area (Å²) >= 11 is 5.96. The van der Waals surface area contributed by atoms with E-state index < -0.39 is 0 Å². The van der Waals surface area contributed by atoms with Gasteiger partial charge in [0.25, 0.3) is 0 Å². The summed E-state index contributed by atoms with van der Waals surface area (Å²) in [5.41, 5.74) is 0. The molecule has 2 aromatic rings. The predicted octanol–water partition coefficient (Wildman–Crippen LogP) is 4.09. The molecule has 2 aromatic carbocycles. The third-order valence-electron chi connectivity index (χ3n) is 1.74. The molecule has 1 nitrogen and oxygen atoms in total. The number of carbonyl (C=O) groups excluding carboxylic acids is 1. The number of hydrogen-bond donors (Lipinski definition) is 0. The molecule has 0 radical (unpaired) electrons. The van der Waals surface area contributed by atoms with Crippen molar-refractivity contribution in [1.29, 1.82) is 0 Å². The molecule has 78 valence electrons. The monoisotopic (exact) mass is 220 g/mol. The Morgan fingerprint density at radius 3 is 2.13 bits per heavy atom. The molecule has 0 aliphatic carbocycles. The number of carbonyl (C=O) groups is 1. The number of halogens is 1. The maximum Gasteiger partial charge on any atom is 0.126 e. The molecule has 0 unspecified atom stereocenters. The van der Waals surface area contributed by atoms with Gasteiger partial charge in [-0.3, -0.25) is 0 Å². The molecule has 0 fully saturated rings. The van der Waals surface area contributed by atoms with Crippen molar-refractivity contribution >= 4 is 28.2 Å². The van der Waals surface area contributed by atoms with Crippen LogP contribution in [0.25, 0.3) is 10.8 Å². The van der Waals surface area contributed by atoms with Gasteiger partial charge in [-0.05, 0) is 25.3 Å². The molecule has 0 bridgehead atoms. The summed E-state index contributed by atoms with van der Waals surface area (Å²) in [4.78, 5) is 9.44. The fourth-order valence-corrected chi connectivity index (χ4v) is 1.43. The summed E-state index contributed by atoms with van der Waals surface area (Å²) in [6.07, 6.45) is 0. The SMILES string of the molecule is CC(C)=O.Clc1cccc2ccccc12. The van der Waals surface area contributed by atoms with Crippen LogP contribution in [0, 0.1) is 0 Å². The van der Waals surface area contributed by atoms with E-state index in [1.165, 1.54) is 19.2 Å². The van der Waals surface area contributed by atoms with Crippen molar-refractivity contribution in [2.24, 2.45) is 0 Å². The van der Waals surface area contributed by atoms with Gasteiger partial charge in [-0.25, -0.2) is 0 Å². The van der Waals surface area contributed by atoms with Crippen molar-refractivity contribution < 1.29 is 4.79 Å². The van der Waals surface area contributed by atoms with E-state index in [4.69, 9.17) is 11.6 Å².